The molecule has 5 nitrogen and oxygen atoms in total. The van der Waals surface area contributed by atoms with Crippen LogP contribution in [0.3, 0.4) is 0 Å². The van der Waals surface area contributed by atoms with Crippen LogP contribution in [0.25, 0.3) is 0 Å². The molecule has 1 N–H and O–H groups in total. The molecule has 3 aliphatic rings. The van der Waals surface area contributed by atoms with E-state index in [1.807, 2.05) is 24.3 Å². The summed E-state index contributed by atoms with van der Waals surface area (Å²) in [5, 5.41) is 3.43. The van der Waals surface area contributed by atoms with Crippen LogP contribution in [-0.2, 0) is 9.59 Å². The van der Waals surface area contributed by atoms with E-state index in [-0.39, 0.29) is 17.7 Å². The van der Waals surface area contributed by atoms with Crippen LogP contribution >= 0.6 is 15.9 Å². The Balaban J connectivity index is 1.51. The largest absolute Gasteiger partial charge is 0.335 e. The van der Waals surface area contributed by atoms with Gasteiger partial charge in [-0.1, -0.05) is 22.0 Å². The van der Waals surface area contributed by atoms with E-state index in [0.29, 0.717) is 25.0 Å². The van der Waals surface area contributed by atoms with E-state index >= 15 is 0 Å². The number of anilines is 1. The average molecular weight is 392 g/mol. The Kier molecular flexibility index (Phi) is 4.35. The fraction of sp³-hybridized carbons (Fsp3) is 0.556. The molecule has 2 bridgehead atoms. The highest BCUT2D eigenvalue weighted by Gasteiger charge is 2.44. The molecule has 0 spiro atoms. The molecule has 2 amide bonds. The predicted octanol–water partition coefficient (Wildman–Crippen LogP) is 2.15. The molecule has 0 aromatic heterocycles. The van der Waals surface area contributed by atoms with Crippen molar-refractivity contribution in [3.8, 4) is 0 Å². The summed E-state index contributed by atoms with van der Waals surface area (Å²) in [6, 6.07) is 8.38. The highest BCUT2D eigenvalue weighted by molar-refractivity contribution is 9.10. The van der Waals surface area contributed by atoms with Crippen molar-refractivity contribution in [1.82, 2.24) is 10.2 Å². The zero-order valence-electron chi connectivity index (χ0n) is 13.6. The smallest absolute Gasteiger partial charge is 0.228 e. The van der Waals surface area contributed by atoms with E-state index in [0.717, 1.165) is 42.5 Å². The van der Waals surface area contributed by atoms with Crippen LogP contribution in [0.4, 0.5) is 5.69 Å². The van der Waals surface area contributed by atoms with Crippen molar-refractivity contribution < 1.29 is 9.59 Å². The Morgan fingerprint density at radius 2 is 2.04 bits per heavy atom. The van der Waals surface area contributed by atoms with Crippen LogP contribution < -0.4 is 10.2 Å². The molecular formula is C18H22BrN3O2. The lowest BCUT2D eigenvalue weighted by atomic mass is 10.1. The van der Waals surface area contributed by atoms with E-state index < -0.39 is 0 Å². The standard InChI is InChI=1S/C18H22BrN3O2/c19-13-2-1-3-15(9-13)21-11-12(8-17(21)23)18(24)22-14-4-5-16(22)10-20-7-6-14/h1-3,9,12,14,16,20H,4-8,10-11H2. The minimum absolute atomic E-state index is 0.0479. The highest BCUT2D eigenvalue weighted by Crippen LogP contribution is 2.33. The number of nitrogens with one attached hydrogen (secondary N) is 1. The van der Waals surface area contributed by atoms with Crippen molar-refractivity contribution in [2.45, 2.75) is 37.8 Å². The first-order chi connectivity index (χ1) is 11.6. The Hall–Kier alpha value is -1.40. The van der Waals surface area contributed by atoms with Crippen molar-refractivity contribution >= 4 is 33.4 Å². The summed E-state index contributed by atoms with van der Waals surface area (Å²) in [7, 11) is 0. The topological polar surface area (TPSA) is 52.7 Å². The maximum atomic E-state index is 13.1. The second kappa shape index (κ2) is 6.48. The zero-order valence-corrected chi connectivity index (χ0v) is 15.2. The minimum atomic E-state index is -0.210. The molecule has 24 heavy (non-hydrogen) atoms. The van der Waals surface area contributed by atoms with E-state index in [9.17, 15) is 9.59 Å². The second-order valence-corrected chi connectivity index (χ2v) is 7.92. The maximum absolute atomic E-state index is 13.1. The van der Waals surface area contributed by atoms with Gasteiger partial charge >= 0.3 is 0 Å². The summed E-state index contributed by atoms with van der Waals surface area (Å²) >= 11 is 3.45. The zero-order chi connectivity index (χ0) is 16.7. The van der Waals surface area contributed by atoms with Crippen molar-refractivity contribution in [3.63, 3.8) is 0 Å². The van der Waals surface area contributed by atoms with Crippen molar-refractivity contribution in [1.29, 1.82) is 0 Å². The van der Waals surface area contributed by atoms with E-state index in [4.69, 9.17) is 0 Å². The van der Waals surface area contributed by atoms with Gasteiger partial charge in [0.1, 0.15) is 0 Å². The Bertz CT molecular complexity index is 651. The van der Waals surface area contributed by atoms with Gasteiger partial charge < -0.3 is 15.1 Å². The summed E-state index contributed by atoms with van der Waals surface area (Å²) in [6.45, 7) is 2.37. The number of carbonyl (C=O) groups is 2. The number of halogens is 1. The Morgan fingerprint density at radius 1 is 1.21 bits per heavy atom. The van der Waals surface area contributed by atoms with Crippen LogP contribution in [0.1, 0.15) is 25.7 Å². The van der Waals surface area contributed by atoms with Gasteiger partial charge in [0.25, 0.3) is 0 Å². The first-order valence-electron chi connectivity index (χ1n) is 8.72. The van der Waals surface area contributed by atoms with Crippen molar-refractivity contribution in [2.24, 2.45) is 5.92 Å². The first kappa shape index (κ1) is 16.1. The van der Waals surface area contributed by atoms with E-state index in [2.05, 4.69) is 26.1 Å². The number of amides is 2. The third kappa shape index (κ3) is 2.86. The number of rotatable bonds is 2. The molecule has 0 saturated carbocycles. The third-order valence-corrected chi connectivity index (χ3v) is 6.00. The summed E-state index contributed by atoms with van der Waals surface area (Å²) in [5.41, 5.74) is 0.866. The fourth-order valence-electron chi connectivity index (χ4n) is 4.32. The summed E-state index contributed by atoms with van der Waals surface area (Å²) in [5.74, 6) is 0.0153. The van der Waals surface area contributed by atoms with Gasteiger partial charge in [-0.2, -0.15) is 0 Å². The van der Waals surface area contributed by atoms with E-state index in [1.54, 1.807) is 4.90 Å². The number of fused-ring (bicyclic) bond motifs is 2. The molecule has 6 heteroatoms. The van der Waals surface area contributed by atoms with Crippen molar-refractivity contribution in [3.05, 3.63) is 28.7 Å². The molecule has 1 aromatic carbocycles. The number of hydrogen-bond donors (Lipinski definition) is 1. The van der Waals surface area contributed by atoms with Gasteiger partial charge in [-0.05, 0) is 44.0 Å². The molecule has 128 valence electrons. The number of benzene rings is 1. The third-order valence-electron chi connectivity index (χ3n) is 5.50. The molecule has 3 fully saturated rings. The van der Waals surface area contributed by atoms with Crippen LogP contribution in [0.2, 0.25) is 0 Å². The van der Waals surface area contributed by atoms with Crippen molar-refractivity contribution in [2.75, 3.05) is 24.5 Å². The van der Waals surface area contributed by atoms with Crippen LogP contribution in [0, 0.1) is 5.92 Å². The lowest BCUT2D eigenvalue weighted by Crippen LogP contribution is -2.46. The van der Waals surface area contributed by atoms with Crippen LogP contribution in [-0.4, -0.2) is 48.4 Å². The highest BCUT2D eigenvalue weighted by atomic mass is 79.9. The molecule has 3 saturated heterocycles. The van der Waals surface area contributed by atoms with Crippen LogP contribution in [0.15, 0.2) is 28.7 Å². The minimum Gasteiger partial charge on any atom is -0.335 e. The molecule has 3 heterocycles. The molecular weight excluding hydrogens is 370 g/mol. The molecule has 3 unspecified atom stereocenters. The number of nitrogens with zero attached hydrogens (tertiary/aromatic N) is 2. The lowest BCUT2D eigenvalue weighted by molar-refractivity contribution is -0.138. The predicted molar refractivity (Wildman–Crippen MR) is 95.7 cm³/mol. The summed E-state index contributed by atoms with van der Waals surface area (Å²) < 4.78 is 0.944. The molecule has 3 aliphatic heterocycles. The van der Waals surface area contributed by atoms with E-state index in [1.165, 1.54) is 0 Å². The molecule has 0 aliphatic carbocycles. The normalized spacial score (nSPS) is 29.9. The fourth-order valence-corrected chi connectivity index (χ4v) is 4.71. The van der Waals surface area contributed by atoms with Gasteiger partial charge in [0.05, 0.1) is 5.92 Å². The Morgan fingerprint density at radius 3 is 2.88 bits per heavy atom. The SMILES string of the molecule is O=C1CC(C(=O)N2C3CCNCC2CC3)CN1c1cccc(Br)c1. The molecule has 0 radical (unpaired) electrons. The molecule has 4 rings (SSSR count). The summed E-state index contributed by atoms with van der Waals surface area (Å²) in [4.78, 5) is 29.4. The average Bonchev–Trinajstić information content (AvgIpc) is 3.05. The monoisotopic (exact) mass is 391 g/mol. The van der Waals surface area contributed by atoms with Gasteiger partial charge in [0.15, 0.2) is 0 Å². The molecule has 1 aromatic rings. The van der Waals surface area contributed by atoms with Gasteiger partial charge in [0, 0.05) is 41.8 Å². The lowest BCUT2D eigenvalue weighted by Gasteiger charge is -2.30. The van der Waals surface area contributed by atoms with Crippen LogP contribution in [0.5, 0.6) is 0 Å². The molecule has 3 atom stereocenters. The van der Waals surface area contributed by atoms with Gasteiger partial charge in [0.2, 0.25) is 11.8 Å². The summed E-state index contributed by atoms with van der Waals surface area (Å²) in [6.07, 6.45) is 3.54. The second-order valence-electron chi connectivity index (χ2n) is 7.01. The first-order valence-corrected chi connectivity index (χ1v) is 9.51. The number of carbonyl (C=O) groups excluding carboxylic acids is 2. The van der Waals surface area contributed by atoms with Gasteiger partial charge in [-0.3, -0.25) is 9.59 Å². The quantitative estimate of drug-likeness (QED) is 0.840. The van der Waals surface area contributed by atoms with Gasteiger partial charge in [-0.15, -0.1) is 0 Å². The maximum Gasteiger partial charge on any atom is 0.228 e. The van der Waals surface area contributed by atoms with Gasteiger partial charge in [-0.25, -0.2) is 0 Å². The number of hydrogen-bond acceptors (Lipinski definition) is 3. The Labute approximate surface area is 150 Å².